The highest BCUT2D eigenvalue weighted by atomic mass is 16.5. The van der Waals surface area contributed by atoms with Crippen molar-refractivity contribution in [3.63, 3.8) is 0 Å². The number of hydrogen-bond acceptors (Lipinski definition) is 4. The largest absolute Gasteiger partial charge is 0.389 e. The third-order valence-electron chi connectivity index (χ3n) is 3.01. The number of ether oxygens (including phenoxy) is 2. The van der Waals surface area contributed by atoms with Crippen LogP contribution in [0.2, 0.25) is 0 Å². The van der Waals surface area contributed by atoms with Gasteiger partial charge in [-0.3, -0.25) is 0 Å². The third kappa shape index (κ3) is 2.67. The molecule has 14 heavy (non-hydrogen) atoms. The minimum atomic E-state index is -0.452. The van der Waals surface area contributed by atoms with E-state index in [0.29, 0.717) is 33.0 Å². The zero-order valence-corrected chi connectivity index (χ0v) is 8.50. The van der Waals surface area contributed by atoms with Gasteiger partial charge >= 0.3 is 0 Å². The van der Waals surface area contributed by atoms with E-state index in [1.165, 1.54) is 0 Å². The van der Waals surface area contributed by atoms with Crippen LogP contribution in [0.15, 0.2) is 0 Å². The zero-order valence-electron chi connectivity index (χ0n) is 8.50. The van der Waals surface area contributed by atoms with E-state index in [9.17, 15) is 5.11 Å². The van der Waals surface area contributed by atoms with E-state index in [0.717, 1.165) is 19.3 Å². The lowest BCUT2D eigenvalue weighted by molar-refractivity contribution is -0.0357. The van der Waals surface area contributed by atoms with Crippen LogP contribution in [0.5, 0.6) is 0 Å². The molecule has 0 amide bonds. The van der Waals surface area contributed by atoms with Crippen molar-refractivity contribution < 1.29 is 14.6 Å². The summed E-state index contributed by atoms with van der Waals surface area (Å²) in [5.41, 5.74) is -0.452. The third-order valence-corrected chi connectivity index (χ3v) is 3.01. The summed E-state index contributed by atoms with van der Waals surface area (Å²) >= 11 is 0. The van der Waals surface area contributed by atoms with Crippen LogP contribution in [0.25, 0.3) is 0 Å². The molecule has 0 radical (unpaired) electrons. The van der Waals surface area contributed by atoms with E-state index in [-0.39, 0.29) is 6.04 Å². The number of rotatable bonds is 3. The van der Waals surface area contributed by atoms with Gasteiger partial charge in [0.2, 0.25) is 0 Å². The van der Waals surface area contributed by atoms with Gasteiger partial charge in [-0.05, 0) is 19.3 Å². The molecule has 2 fully saturated rings. The van der Waals surface area contributed by atoms with Crippen molar-refractivity contribution in [3.8, 4) is 0 Å². The van der Waals surface area contributed by atoms with Crippen molar-refractivity contribution >= 4 is 0 Å². The van der Waals surface area contributed by atoms with E-state index in [4.69, 9.17) is 9.47 Å². The molecule has 82 valence electrons. The molecule has 2 N–H and O–H groups in total. The number of hydrogen-bond donors (Lipinski definition) is 2. The fourth-order valence-corrected chi connectivity index (χ4v) is 1.83. The van der Waals surface area contributed by atoms with Gasteiger partial charge in [0.15, 0.2) is 0 Å². The van der Waals surface area contributed by atoms with Gasteiger partial charge < -0.3 is 19.9 Å². The molecular weight excluding hydrogens is 182 g/mol. The first kappa shape index (κ1) is 10.4. The van der Waals surface area contributed by atoms with Crippen LogP contribution in [-0.4, -0.2) is 49.7 Å². The van der Waals surface area contributed by atoms with Crippen molar-refractivity contribution in [2.75, 3.05) is 33.0 Å². The second-order valence-corrected chi connectivity index (χ2v) is 4.31. The van der Waals surface area contributed by atoms with Gasteiger partial charge in [0.25, 0.3) is 0 Å². The molecular formula is C10H19NO3. The van der Waals surface area contributed by atoms with Crippen LogP contribution in [0.4, 0.5) is 0 Å². The standard InChI is InChI=1S/C10H19NO3/c12-10(2-1-3-10)8-11-9-6-13-4-5-14-7-9/h9,11-12H,1-8H2. The Morgan fingerprint density at radius 1 is 1.21 bits per heavy atom. The van der Waals surface area contributed by atoms with Crippen LogP contribution in [0.3, 0.4) is 0 Å². The quantitative estimate of drug-likeness (QED) is 0.670. The lowest BCUT2D eigenvalue weighted by Crippen LogP contribution is -2.50. The molecule has 1 saturated carbocycles. The Balaban J connectivity index is 1.68. The lowest BCUT2D eigenvalue weighted by atomic mass is 9.80. The highest BCUT2D eigenvalue weighted by molar-refractivity contribution is 4.90. The summed E-state index contributed by atoms with van der Waals surface area (Å²) in [6.07, 6.45) is 3.00. The van der Waals surface area contributed by atoms with Gasteiger partial charge in [0.05, 0.1) is 38.1 Å². The van der Waals surface area contributed by atoms with E-state index in [2.05, 4.69) is 5.32 Å². The maximum Gasteiger partial charge on any atom is 0.0771 e. The molecule has 1 aliphatic carbocycles. The summed E-state index contributed by atoms with van der Waals surface area (Å²) < 4.78 is 10.7. The molecule has 4 heteroatoms. The summed E-state index contributed by atoms with van der Waals surface area (Å²) in [5, 5.41) is 13.2. The van der Waals surface area contributed by atoms with Gasteiger partial charge in [-0.2, -0.15) is 0 Å². The Morgan fingerprint density at radius 3 is 2.36 bits per heavy atom. The monoisotopic (exact) mass is 201 g/mol. The highest BCUT2D eigenvalue weighted by Crippen LogP contribution is 2.30. The van der Waals surface area contributed by atoms with Crippen LogP contribution in [0, 0.1) is 0 Å². The van der Waals surface area contributed by atoms with Crippen molar-refractivity contribution in [1.82, 2.24) is 5.32 Å². The Bertz CT molecular complexity index is 174. The van der Waals surface area contributed by atoms with Crippen molar-refractivity contribution in [1.29, 1.82) is 0 Å². The second kappa shape index (κ2) is 4.57. The molecule has 0 aromatic rings. The summed E-state index contributed by atoms with van der Waals surface area (Å²) in [6.45, 7) is 3.42. The molecule has 4 nitrogen and oxygen atoms in total. The second-order valence-electron chi connectivity index (χ2n) is 4.31. The Labute approximate surface area is 84.6 Å². The molecule has 0 bridgehead atoms. The molecule has 2 rings (SSSR count). The topological polar surface area (TPSA) is 50.7 Å². The fraction of sp³-hybridized carbons (Fsp3) is 1.00. The molecule has 1 heterocycles. The fourth-order valence-electron chi connectivity index (χ4n) is 1.83. The minimum absolute atomic E-state index is 0.238. The average molecular weight is 201 g/mol. The van der Waals surface area contributed by atoms with Crippen LogP contribution >= 0.6 is 0 Å². The van der Waals surface area contributed by atoms with Gasteiger partial charge in [0.1, 0.15) is 0 Å². The zero-order chi connectivity index (χ0) is 9.86. The average Bonchev–Trinajstić information content (AvgIpc) is 2.40. The Kier molecular flexibility index (Phi) is 3.38. The first-order valence-electron chi connectivity index (χ1n) is 5.40. The maximum absolute atomic E-state index is 9.87. The number of aliphatic hydroxyl groups is 1. The van der Waals surface area contributed by atoms with Gasteiger partial charge in [-0.15, -0.1) is 0 Å². The first-order valence-corrected chi connectivity index (χ1v) is 5.40. The van der Waals surface area contributed by atoms with Crippen molar-refractivity contribution in [2.45, 2.75) is 30.9 Å². The molecule has 0 aromatic carbocycles. The molecule has 0 aromatic heterocycles. The van der Waals surface area contributed by atoms with Gasteiger partial charge in [-0.25, -0.2) is 0 Å². The summed E-state index contributed by atoms with van der Waals surface area (Å²) in [6, 6.07) is 0.238. The Hall–Kier alpha value is -0.160. The van der Waals surface area contributed by atoms with E-state index < -0.39 is 5.60 Å². The highest BCUT2D eigenvalue weighted by Gasteiger charge is 2.34. The van der Waals surface area contributed by atoms with E-state index in [1.54, 1.807) is 0 Å². The van der Waals surface area contributed by atoms with Crippen molar-refractivity contribution in [2.24, 2.45) is 0 Å². The molecule has 0 spiro atoms. The smallest absolute Gasteiger partial charge is 0.0771 e. The van der Waals surface area contributed by atoms with Crippen molar-refractivity contribution in [3.05, 3.63) is 0 Å². The van der Waals surface area contributed by atoms with Crippen LogP contribution < -0.4 is 5.32 Å². The predicted octanol–water partition coefficient (Wildman–Crippen LogP) is -0.0936. The van der Waals surface area contributed by atoms with E-state index >= 15 is 0 Å². The molecule has 0 atom stereocenters. The number of nitrogens with one attached hydrogen (secondary N) is 1. The minimum Gasteiger partial charge on any atom is -0.389 e. The first-order chi connectivity index (χ1) is 6.79. The molecule has 2 aliphatic rings. The summed E-state index contributed by atoms with van der Waals surface area (Å²) in [4.78, 5) is 0. The van der Waals surface area contributed by atoms with Crippen LogP contribution in [0.1, 0.15) is 19.3 Å². The molecule has 0 unspecified atom stereocenters. The molecule has 1 saturated heterocycles. The lowest BCUT2D eigenvalue weighted by Gasteiger charge is -2.37. The molecule has 1 aliphatic heterocycles. The van der Waals surface area contributed by atoms with Crippen LogP contribution in [-0.2, 0) is 9.47 Å². The van der Waals surface area contributed by atoms with E-state index in [1.807, 2.05) is 0 Å². The van der Waals surface area contributed by atoms with Gasteiger partial charge in [-0.1, -0.05) is 0 Å². The Morgan fingerprint density at radius 2 is 1.86 bits per heavy atom. The summed E-state index contributed by atoms with van der Waals surface area (Å²) in [5.74, 6) is 0. The SMILES string of the molecule is OC1(CNC2COCCOC2)CCC1. The maximum atomic E-state index is 9.87. The van der Waals surface area contributed by atoms with Gasteiger partial charge in [0, 0.05) is 6.54 Å². The normalized spacial score (nSPS) is 28.1. The predicted molar refractivity (Wildman–Crippen MR) is 52.2 cm³/mol. The summed E-state index contributed by atoms with van der Waals surface area (Å²) in [7, 11) is 0.